The molecule has 1 atom stereocenters. The van der Waals surface area contributed by atoms with Gasteiger partial charge in [-0.15, -0.1) is 0 Å². The predicted molar refractivity (Wildman–Crippen MR) is 79.8 cm³/mol. The number of methoxy groups -OCH3 is 1. The lowest BCUT2D eigenvalue weighted by Crippen LogP contribution is -2.01. The van der Waals surface area contributed by atoms with Crippen molar-refractivity contribution in [1.29, 1.82) is 0 Å². The number of hydrogen-bond donors (Lipinski definition) is 1. The van der Waals surface area contributed by atoms with E-state index in [1.165, 1.54) is 0 Å². The molecule has 2 aromatic rings. The summed E-state index contributed by atoms with van der Waals surface area (Å²) in [7, 11) is 1.65. The van der Waals surface area contributed by atoms with Crippen molar-refractivity contribution in [2.45, 2.75) is 33.3 Å². The molecule has 1 N–H and O–H groups in total. The summed E-state index contributed by atoms with van der Waals surface area (Å²) in [5.41, 5.74) is 1.86. The summed E-state index contributed by atoms with van der Waals surface area (Å²) in [6, 6.07) is 9.64. The van der Waals surface area contributed by atoms with Crippen molar-refractivity contribution in [1.82, 2.24) is 0 Å². The van der Waals surface area contributed by atoms with Crippen LogP contribution >= 0.6 is 0 Å². The highest BCUT2D eigenvalue weighted by Gasteiger charge is 2.17. The molecular formula is C17H22O3. The van der Waals surface area contributed by atoms with Gasteiger partial charge in [0, 0.05) is 11.1 Å². The molecule has 0 aliphatic rings. The summed E-state index contributed by atoms with van der Waals surface area (Å²) in [5, 5.41) is 10.2. The fourth-order valence-corrected chi connectivity index (χ4v) is 2.30. The van der Waals surface area contributed by atoms with Gasteiger partial charge in [0.1, 0.15) is 17.3 Å². The Hall–Kier alpha value is -1.74. The maximum absolute atomic E-state index is 10.2. The fraction of sp³-hybridized carbons (Fsp3) is 0.412. The van der Waals surface area contributed by atoms with E-state index in [9.17, 15) is 5.11 Å². The standard InChI is InChI=1S/C17H22O3/c1-11(2)9-16(18)15-10-17(20-12(15)3)13-5-7-14(19-4)8-6-13/h5-8,10-11,16,18H,9H2,1-4H3. The number of aliphatic hydroxyl groups is 1. The maximum Gasteiger partial charge on any atom is 0.134 e. The molecule has 20 heavy (non-hydrogen) atoms. The zero-order valence-corrected chi connectivity index (χ0v) is 12.5. The Morgan fingerprint density at radius 3 is 2.40 bits per heavy atom. The first kappa shape index (κ1) is 14.7. The van der Waals surface area contributed by atoms with E-state index in [4.69, 9.17) is 9.15 Å². The van der Waals surface area contributed by atoms with Crippen molar-refractivity contribution in [3.8, 4) is 17.1 Å². The molecule has 0 radical (unpaired) electrons. The van der Waals surface area contributed by atoms with Crippen LogP contribution in [0.1, 0.15) is 37.7 Å². The van der Waals surface area contributed by atoms with E-state index in [1.807, 2.05) is 37.3 Å². The van der Waals surface area contributed by atoms with Crippen LogP contribution < -0.4 is 4.74 Å². The van der Waals surface area contributed by atoms with Crippen LogP contribution in [-0.4, -0.2) is 12.2 Å². The van der Waals surface area contributed by atoms with Gasteiger partial charge in [0.2, 0.25) is 0 Å². The molecule has 0 fully saturated rings. The Morgan fingerprint density at radius 2 is 1.85 bits per heavy atom. The molecular weight excluding hydrogens is 252 g/mol. The highest BCUT2D eigenvalue weighted by molar-refractivity contribution is 5.60. The van der Waals surface area contributed by atoms with Crippen molar-refractivity contribution in [2.24, 2.45) is 5.92 Å². The van der Waals surface area contributed by atoms with Crippen molar-refractivity contribution in [2.75, 3.05) is 7.11 Å². The van der Waals surface area contributed by atoms with Crippen molar-refractivity contribution >= 4 is 0 Å². The molecule has 0 aliphatic heterocycles. The van der Waals surface area contributed by atoms with Gasteiger partial charge in [0.05, 0.1) is 13.2 Å². The smallest absolute Gasteiger partial charge is 0.134 e. The molecule has 3 heteroatoms. The Labute approximate surface area is 120 Å². The molecule has 2 rings (SSSR count). The summed E-state index contributed by atoms with van der Waals surface area (Å²) >= 11 is 0. The van der Waals surface area contributed by atoms with Crippen molar-refractivity contribution in [3.63, 3.8) is 0 Å². The molecule has 0 amide bonds. The van der Waals surface area contributed by atoms with E-state index in [2.05, 4.69) is 13.8 Å². The van der Waals surface area contributed by atoms with E-state index in [0.29, 0.717) is 5.92 Å². The number of aliphatic hydroxyl groups excluding tert-OH is 1. The minimum atomic E-state index is -0.467. The lowest BCUT2D eigenvalue weighted by atomic mass is 9.99. The number of furan rings is 1. The first-order chi connectivity index (χ1) is 9.51. The predicted octanol–water partition coefficient (Wildman–Crippen LogP) is 4.34. The van der Waals surface area contributed by atoms with Crippen LogP contribution in [0.15, 0.2) is 34.7 Å². The molecule has 0 bridgehead atoms. The Balaban J connectivity index is 2.25. The first-order valence-electron chi connectivity index (χ1n) is 6.94. The van der Waals surface area contributed by atoms with Crippen LogP contribution in [0, 0.1) is 12.8 Å². The topological polar surface area (TPSA) is 42.6 Å². The molecule has 1 unspecified atom stereocenters. The second-order valence-corrected chi connectivity index (χ2v) is 5.50. The molecule has 108 valence electrons. The monoisotopic (exact) mass is 274 g/mol. The quantitative estimate of drug-likeness (QED) is 0.881. The summed E-state index contributed by atoms with van der Waals surface area (Å²) in [4.78, 5) is 0. The Morgan fingerprint density at radius 1 is 1.20 bits per heavy atom. The first-order valence-corrected chi connectivity index (χ1v) is 6.94. The lowest BCUT2D eigenvalue weighted by Gasteiger charge is -2.11. The molecule has 0 aliphatic carbocycles. The van der Waals surface area contributed by atoms with Crippen LogP contribution in [0.3, 0.4) is 0 Å². The summed E-state index contributed by atoms with van der Waals surface area (Å²) in [5.74, 6) is 2.83. The largest absolute Gasteiger partial charge is 0.497 e. The minimum Gasteiger partial charge on any atom is -0.497 e. The van der Waals surface area contributed by atoms with Crippen LogP contribution in [0.5, 0.6) is 5.75 Å². The van der Waals surface area contributed by atoms with E-state index in [-0.39, 0.29) is 0 Å². The number of rotatable bonds is 5. The normalized spacial score (nSPS) is 12.7. The van der Waals surface area contributed by atoms with Gasteiger partial charge < -0.3 is 14.3 Å². The fourth-order valence-electron chi connectivity index (χ4n) is 2.30. The van der Waals surface area contributed by atoms with E-state index in [0.717, 1.165) is 34.8 Å². The van der Waals surface area contributed by atoms with E-state index >= 15 is 0 Å². The zero-order valence-electron chi connectivity index (χ0n) is 12.5. The SMILES string of the molecule is COc1ccc(-c2cc(C(O)CC(C)C)c(C)o2)cc1. The molecule has 3 nitrogen and oxygen atoms in total. The summed E-state index contributed by atoms with van der Waals surface area (Å²) < 4.78 is 10.9. The number of ether oxygens (including phenoxy) is 1. The average Bonchev–Trinajstić information content (AvgIpc) is 2.80. The number of hydrogen-bond acceptors (Lipinski definition) is 3. The van der Waals surface area contributed by atoms with Gasteiger partial charge in [-0.3, -0.25) is 0 Å². The molecule has 0 spiro atoms. The second-order valence-electron chi connectivity index (χ2n) is 5.50. The third kappa shape index (κ3) is 3.23. The van der Waals surface area contributed by atoms with Crippen molar-refractivity contribution < 1.29 is 14.3 Å². The minimum absolute atomic E-state index is 0.448. The summed E-state index contributed by atoms with van der Waals surface area (Å²) in [6.45, 7) is 6.10. The third-order valence-electron chi connectivity index (χ3n) is 3.38. The molecule has 0 saturated heterocycles. The zero-order chi connectivity index (χ0) is 14.7. The van der Waals surface area contributed by atoms with Gasteiger partial charge in [0.15, 0.2) is 0 Å². The van der Waals surface area contributed by atoms with Crippen LogP contribution in [0.25, 0.3) is 11.3 Å². The number of benzene rings is 1. The van der Waals surface area contributed by atoms with Gasteiger partial charge in [0.25, 0.3) is 0 Å². The molecule has 1 heterocycles. The third-order valence-corrected chi connectivity index (χ3v) is 3.38. The second kappa shape index (κ2) is 6.14. The number of aryl methyl sites for hydroxylation is 1. The van der Waals surface area contributed by atoms with E-state index < -0.39 is 6.10 Å². The highest BCUT2D eigenvalue weighted by Crippen LogP contribution is 2.32. The van der Waals surface area contributed by atoms with Gasteiger partial charge in [-0.05, 0) is 49.6 Å². The lowest BCUT2D eigenvalue weighted by molar-refractivity contribution is 0.149. The molecule has 0 saturated carbocycles. The Bertz CT molecular complexity index is 552. The van der Waals surface area contributed by atoms with Gasteiger partial charge in [-0.25, -0.2) is 0 Å². The van der Waals surface area contributed by atoms with Crippen LogP contribution in [0.2, 0.25) is 0 Å². The average molecular weight is 274 g/mol. The van der Waals surface area contributed by atoms with Gasteiger partial charge >= 0.3 is 0 Å². The molecule has 1 aromatic heterocycles. The van der Waals surface area contributed by atoms with Gasteiger partial charge in [-0.1, -0.05) is 13.8 Å². The van der Waals surface area contributed by atoms with E-state index in [1.54, 1.807) is 7.11 Å². The maximum atomic E-state index is 10.2. The van der Waals surface area contributed by atoms with Crippen LogP contribution in [-0.2, 0) is 0 Å². The van der Waals surface area contributed by atoms with Gasteiger partial charge in [-0.2, -0.15) is 0 Å². The molecule has 1 aromatic carbocycles. The van der Waals surface area contributed by atoms with Crippen LogP contribution in [0.4, 0.5) is 0 Å². The van der Waals surface area contributed by atoms with Crippen molar-refractivity contribution in [3.05, 3.63) is 41.7 Å². The summed E-state index contributed by atoms with van der Waals surface area (Å²) in [6.07, 6.45) is 0.272. The Kier molecular flexibility index (Phi) is 4.50. The highest BCUT2D eigenvalue weighted by atomic mass is 16.5.